The number of unbranched alkanes of at least 4 members (excludes halogenated alkanes) is 5. The molecule has 4 fully saturated rings. The van der Waals surface area contributed by atoms with E-state index in [0.717, 1.165) is 66.1 Å². The van der Waals surface area contributed by atoms with Gasteiger partial charge in [-0.25, -0.2) is 0 Å². The molecule has 4 aliphatic carbocycles. The molecule has 0 radical (unpaired) electrons. The first kappa shape index (κ1) is 25.1. The van der Waals surface area contributed by atoms with Crippen LogP contribution in [0.4, 0.5) is 0 Å². The molecule has 3 unspecified atom stereocenters. The Bertz CT molecular complexity index is 886. The Labute approximate surface area is 212 Å². The third kappa shape index (κ3) is 4.13. The van der Waals surface area contributed by atoms with Gasteiger partial charge in [-0.05, 0) is 99.3 Å². The summed E-state index contributed by atoms with van der Waals surface area (Å²) in [6.45, 7) is 3.99. The maximum absolute atomic E-state index is 11.7. The Morgan fingerprint density at radius 2 is 1.74 bits per heavy atom. The van der Waals surface area contributed by atoms with Crippen LogP contribution >= 0.6 is 0 Å². The summed E-state index contributed by atoms with van der Waals surface area (Å²) in [4.78, 5) is 25.3. The van der Waals surface area contributed by atoms with Gasteiger partial charge in [-0.3, -0.25) is 9.69 Å². The SMILES string of the molecule is CCCC(C=O)N(C)Cc1c(C=O)cccc1CCCCCCCCNC12CC3CC4CC(C1)C432. The maximum Gasteiger partial charge on any atom is 0.150 e. The first-order valence-electron chi connectivity index (χ1n) is 14.6. The van der Waals surface area contributed by atoms with Crippen LogP contribution in [-0.4, -0.2) is 42.6 Å². The second-order valence-electron chi connectivity index (χ2n) is 12.3. The van der Waals surface area contributed by atoms with Crippen LogP contribution in [0.5, 0.6) is 0 Å². The lowest BCUT2D eigenvalue weighted by molar-refractivity contribution is -0.397. The predicted octanol–water partition coefficient (Wildman–Crippen LogP) is 5.96. The van der Waals surface area contributed by atoms with Crippen molar-refractivity contribution in [3.8, 4) is 0 Å². The summed E-state index contributed by atoms with van der Waals surface area (Å²) in [5.74, 6) is 3.30. The van der Waals surface area contributed by atoms with Crippen LogP contribution in [0.2, 0.25) is 0 Å². The van der Waals surface area contributed by atoms with Crippen molar-refractivity contribution in [3.63, 3.8) is 0 Å². The van der Waals surface area contributed by atoms with Crippen molar-refractivity contribution in [3.05, 3.63) is 34.9 Å². The molecule has 0 bridgehead atoms. The average Bonchev–Trinajstić information content (AvgIpc) is 2.81. The summed E-state index contributed by atoms with van der Waals surface area (Å²) in [6.07, 6.45) is 18.7. The van der Waals surface area contributed by atoms with Crippen LogP contribution in [0.25, 0.3) is 0 Å². The molecule has 0 amide bonds. The van der Waals surface area contributed by atoms with Gasteiger partial charge in [-0.1, -0.05) is 57.2 Å². The van der Waals surface area contributed by atoms with Gasteiger partial charge in [0.2, 0.25) is 0 Å². The van der Waals surface area contributed by atoms with Gasteiger partial charge in [-0.15, -0.1) is 0 Å². The summed E-state index contributed by atoms with van der Waals surface area (Å²) in [5.41, 5.74) is 4.55. The first-order valence-corrected chi connectivity index (χ1v) is 14.6. The summed E-state index contributed by atoms with van der Waals surface area (Å²) >= 11 is 0. The minimum atomic E-state index is -0.0818. The third-order valence-electron chi connectivity index (χ3n) is 10.7. The van der Waals surface area contributed by atoms with E-state index in [1.165, 1.54) is 63.5 Å². The molecule has 0 aromatic heterocycles. The summed E-state index contributed by atoms with van der Waals surface area (Å²) < 4.78 is 0. The van der Waals surface area contributed by atoms with Gasteiger partial charge in [-0.2, -0.15) is 0 Å². The van der Waals surface area contributed by atoms with Crippen LogP contribution in [0, 0.1) is 23.2 Å². The van der Waals surface area contributed by atoms with Crippen molar-refractivity contribution < 1.29 is 9.59 Å². The molecule has 1 aromatic carbocycles. The average molecular weight is 479 g/mol. The predicted molar refractivity (Wildman–Crippen MR) is 142 cm³/mol. The van der Waals surface area contributed by atoms with E-state index in [-0.39, 0.29) is 6.04 Å². The number of carbonyl (C=O) groups excluding carboxylic acids is 2. The van der Waals surface area contributed by atoms with E-state index in [9.17, 15) is 9.59 Å². The number of hydrogen-bond acceptors (Lipinski definition) is 4. The fourth-order valence-electron chi connectivity index (χ4n) is 8.95. The van der Waals surface area contributed by atoms with Crippen LogP contribution in [0.3, 0.4) is 0 Å². The van der Waals surface area contributed by atoms with Crippen molar-refractivity contribution in [2.45, 2.75) is 109 Å². The Balaban J connectivity index is 0.987. The first-order chi connectivity index (χ1) is 17.1. The third-order valence-corrected chi connectivity index (χ3v) is 10.7. The number of carbonyl (C=O) groups is 2. The van der Waals surface area contributed by atoms with E-state index in [1.807, 2.05) is 19.2 Å². The molecular formula is C31H46N2O2. The minimum Gasteiger partial charge on any atom is -0.311 e. The molecule has 192 valence electrons. The van der Waals surface area contributed by atoms with Gasteiger partial charge in [0.25, 0.3) is 0 Å². The number of aldehydes is 2. The Morgan fingerprint density at radius 1 is 1.03 bits per heavy atom. The van der Waals surface area contributed by atoms with Crippen molar-refractivity contribution in [1.82, 2.24) is 10.2 Å². The normalized spacial score (nSPS) is 32.4. The van der Waals surface area contributed by atoms with Gasteiger partial charge < -0.3 is 10.1 Å². The fourth-order valence-corrected chi connectivity index (χ4v) is 8.95. The highest BCUT2D eigenvalue weighted by Gasteiger charge is 2.87. The highest BCUT2D eigenvalue weighted by Crippen LogP contribution is 2.89. The number of rotatable bonds is 17. The van der Waals surface area contributed by atoms with Gasteiger partial charge in [0.15, 0.2) is 0 Å². The number of benzene rings is 1. The molecule has 1 N–H and O–H groups in total. The standard InChI is InChI=1S/C31H46N2O2/c1-3-11-28(22-35)33(2)20-29-23(13-10-14-24(29)21-34)12-8-6-4-5-7-9-15-32-30-18-26-16-25-17-27(19-30)31(25,26)30/h10,13-14,21-22,25-28,32H,3-9,11-12,15-20H2,1-2H3. The molecule has 1 aromatic rings. The van der Waals surface area contributed by atoms with Gasteiger partial charge >= 0.3 is 0 Å². The smallest absolute Gasteiger partial charge is 0.150 e. The van der Waals surface area contributed by atoms with Crippen LogP contribution in [-0.2, 0) is 17.8 Å². The summed E-state index contributed by atoms with van der Waals surface area (Å²) in [5, 5.41) is 4.04. The van der Waals surface area contributed by atoms with Crippen LogP contribution in [0.15, 0.2) is 18.2 Å². The lowest BCUT2D eigenvalue weighted by Crippen LogP contribution is -2.92. The zero-order valence-electron chi connectivity index (χ0n) is 22.1. The van der Waals surface area contributed by atoms with Crippen molar-refractivity contribution in [1.29, 1.82) is 0 Å². The lowest BCUT2D eigenvalue weighted by Gasteiger charge is -2.91. The summed E-state index contributed by atoms with van der Waals surface area (Å²) in [6, 6.07) is 6.00. The second kappa shape index (κ2) is 10.5. The molecule has 4 heteroatoms. The highest BCUT2D eigenvalue weighted by molar-refractivity contribution is 5.78. The van der Waals surface area contributed by atoms with E-state index in [1.54, 1.807) is 12.8 Å². The molecule has 4 saturated carbocycles. The molecule has 35 heavy (non-hydrogen) atoms. The largest absolute Gasteiger partial charge is 0.311 e. The number of nitrogens with one attached hydrogen (secondary N) is 1. The molecule has 4 aliphatic rings. The number of likely N-dealkylation sites (N-methyl/N-ethyl adjacent to an activating group) is 1. The number of aryl methyl sites for hydroxylation is 1. The molecule has 0 heterocycles. The molecular weight excluding hydrogens is 432 g/mol. The second-order valence-corrected chi connectivity index (χ2v) is 12.3. The van der Waals surface area contributed by atoms with Gasteiger partial charge in [0, 0.05) is 17.6 Å². The number of hydrogen-bond donors (Lipinski definition) is 1. The van der Waals surface area contributed by atoms with Crippen molar-refractivity contribution >= 4 is 12.6 Å². The quantitative estimate of drug-likeness (QED) is 0.222. The molecule has 0 saturated heterocycles. The zero-order chi connectivity index (χ0) is 24.5. The molecule has 0 aliphatic heterocycles. The van der Waals surface area contributed by atoms with Gasteiger partial charge in [0.1, 0.15) is 12.6 Å². The topological polar surface area (TPSA) is 49.4 Å². The van der Waals surface area contributed by atoms with Crippen molar-refractivity contribution in [2.75, 3.05) is 13.6 Å². The monoisotopic (exact) mass is 478 g/mol. The van der Waals surface area contributed by atoms with E-state index < -0.39 is 0 Å². The van der Waals surface area contributed by atoms with Crippen molar-refractivity contribution in [2.24, 2.45) is 23.2 Å². The zero-order valence-corrected chi connectivity index (χ0v) is 22.1. The fraction of sp³-hybridized carbons (Fsp3) is 0.742. The van der Waals surface area contributed by atoms with E-state index >= 15 is 0 Å². The minimum absolute atomic E-state index is 0.0818. The Kier molecular flexibility index (Phi) is 7.51. The summed E-state index contributed by atoms with van der Waals surface area (Å²) in [7, 11) is 2.00. The van der Waals surface area contributed by atoms with Gasteiger partial charge in [0.05, 0.1) is 6.04 Å². The van der Waals surface area contributed by atoms with Crippen LogP contribution in [0.1, 0.15) is 105 Å². The molecule has 5 rings (SSSR count). The lowest BCUT2D eigenvalue weighted by atomic mass is 9.15. The highest BCUT2D eigenvalue weighted by atomic mass is 16.1. The van der Waals surface area contributed by atoms with Crippen LogP contribution < -0.4 is 5.32 Å². The molecule has 3 atom stereocenters. The van der Waals surface area contributed by atoms with E-state index in [0.29, 0.717) is 12.1 Å². The molecule has 4 nitrogen and oxygen atoms in total. The number of nitrogens with zero attached hydrogens (tertiary/aromatic N) is 1. The maximum atomic E-state index is 11.7. The van der Waals surface area contributed by atoms with E-state index in [4.69, 9.17) is 0 Å². The Hall–Kier alpha value is -1.52. The molecule has 1 spiro atoms. The Morgan fingerprint density at radius 3 is 2.37 bits per heavy atom. The van der Waals surface area contributed by atoms with E-state index in [2.05, 4.69) is 23.2 Å².